The predicted molar refractivity (Wildman–Crippen MR) is 55.5 cm³/mol. The quantitative estimate of drug-likeness (QED) is 0.704. The highest BCUT2D eigenvalue weighted by molar-refractivity contribution is 5.29. The van der Waals surface area contributed by atoms with Crippen molar-refractivity contribution in [2.75, 3.05) is 13.7 Å². The molecule has 4 nitrogen and oxygen atoms in total. The molecule has 1 rings (SSSR count). The van der Waals surface area contributed by atoms with Gasteiger partial charge in [-0.25, -0.2) is 4.39 Å². The number of phenols is 1. The fraction of sp³-hybridized carbons (Fsp3) is 0.455. The van der Waals surface area contributed by atoms with Crippen molar-refractivity contribution < 1.29 is 24.4 Å². The maximum Gasteiger partial charge on any atom is 0.165 e. The number of methoxy groups -OCH3 is 1. The molecule has 0 fully saturated rings. The molecule has 0 bridgehead atoms. The zero-order valence-electron chi connectivity index (χ0n) is 8.93. The predicted octanol–water partition coefficient (Wildman–Crippen LogP) is 0.962. The Bertz CT molecular complexity index is 343. The third kappa shape index (κ3) is 2.91. The summed E-state index contributed by atoms with van der Waals surface area (Å²) >= 11 is 0. The Morgan fingerprint density at radius 2 is 2.12 bits per heavy atom. The van der Waals surface area contributed by atoms with Crippen molar-refractivity contribution in [3.63, 3.8) is 0 Å². The van der Waals surface area contributed by atoms with Crippen LogP contribution in [0, 0.1) is 5.82 Å². The van der Waals surface area contributed by atoms with Crippen molar-refractivity contribution in [1.82, 2.24) is 0 Å². The van der Waals surface area contributed by atoms with E-state index < -0.39 is 23.8 Å². The Labute approximate surface area is 92.9 Å². The van der Waals surface area contributed by atoms with Crippen LogP contribution in [0.1, 0.15) is 18.1 Å². The van der Waals surface area contributed by atoms with Crippen LogP contribution in [-0.2, 0) is 4.74 Å². The number of hydrogen-bond donors (Lipinski definition) is 3. The number of aliphatic hydroxyl groups excluding tert-OH is 2. The molecule has 0 aliphatic carbocycles. The van der Waals surface area contributed by atoms with Crippen LogP contribution in [0.4, 0.5) is 4.39 Å². The first kappa shape index (κ1) is 12.9. The number of phenolic OH excluding ortho intramolecular Hbond substituents is 1. The number of hydrogen-bond acceptors (Lipinski definition) is 4. The van der Waals surface area contributed by atoms with Crippen LogP contribution >= 0.6 is 0 Å². The first-order valence-electron chi connectivity index (χ1n) is 4.90. The minimum Gasteiger partial charge on any atom is -0.505 e. The van der Waals surface area contributed by atoms with Gasteiger partial charge in [0.15, 0.2) is 11.6 Å². The molecule has 16 heavy (non-hydrogen) atoms. The average Bonchev–Trinajstić information content (AvgIpc) is 2.28. The summed E-state index contributed by atoms with van der Waals surface area (Å²) in [5.41, 5.74) is 0.301. The van der Waals surface area contributed by atoms with Crippen molar-refractivity contribution in [1.29, 1.82) is 0 Å². The highest BCUT2D eigenvalue weighted by Gasteiger charge is 2.21. The van der Waals surface area contributed by atoms with E-state index in [1.165, 1.54) is 19.2 Å². The largest absolute Gasteiger partial charge is 0.505 e. The molecule has 3 N–H and O–H groups in total. The zero-order valence-corrected chi connectivity index (χ0v) is 8.93. The molecule has 0 aliphatic heterocycles. The van der Waals surface area contributed by atoms with Gasteiger partial charge in [0.05, 0.1) is 6.10 Å². The minimum atomic E-state index is -1.03. The molecule has 5 heteroatoms. The molecule has 0 saturated carbocycles. The van der Waals surface area contributed by atoms with Gasteiger partial charge >= 0.3 is 0 Å². The second-order valence-electron chi connectivity index (χ2n) is 3.44. The van der Waals surface area contributed by atoms with Gasteiger partial charge < -0.3 is 20.1 Å². The van der Waals surface area contributed by atoms with Gasteiger partial charge in [0.2, 0.25) is 0 Å². The molecule has 0 saturated heterocycles. The Kier molecular flexibility index (Phi) is 4.67. The fourth-order valence-corrected chi connectivity index (χ4v) is 1.45. The third-order valence-electron chi connectivity index (χ3n) is 2.38. The van der Waals surface area contributed by atoms with Gasteiger partial charge in [0.25, 0.3) is 0 Å². The van der Waals surface area contributed by atoms with Crippen LogP contribution in [0.3, 0.4) is 0 Å². The highest BCUT2D eigenvalue weighted by Crippen LogP contribution is 2.25. The van der Waals surface area contributed by atoms with E-state index in [1.54, 1.807) is 0 Å². The topological polar surface area (TPSA) is 69.9 Å². The van der Waals surface area contributed by atoms with Gasteiger partial charge in [0.1, 0.15) is 6.10 Å². The van der Waals surface area contributed by atoms with Crippen molar-refractivity contribution in [3.8, 4) is 5.75 Å². The Hall–Kier alpha value is -1.17. The lowest BCUT2D eigenvalue weighted by Crippen LogP contribution is -2.22. The van der Waals surface area contributed by atoms with Crippen molar-refractivity contribution in [3.05, 3.63) is 29.6 Å². The first-order valence-corrected chi connectivity index (χ1v) is 4.90. The van der Waals surface area contributed by atoms with E-state index in [9.17, 15) is 9.50 Å². The van der Waals surface area contributed by atoms with Crippen LogP contribution in [-0.4, -0.2) is 35.1 Å². The number of rotatable bonds is 5. The second-order valence-corrected chi connectivity index (χ2v) is 3.44. The number of halogens is 1. The SMILES string of the molecule is CO[C@@H](CCO)[C@@H](O)c1ccc(O)c(F)c1. The van der Waals surface area contributed by atoms with E-state index >= 15 is 0 Å². The van der Waals surface area contributed by atoms with E-state index in [4.69, 9.17) is 14.9 Å². The Morgan fingerprint density at radius 1 is 1.44 bits per heavy atom. The molecule has 0 amide bonds. The normalized spacial score (nSPS) is 14.8. The first-order chi connectivity index (χ1) is 7.60. The highest BCUT2D eigenvalue weighted by atomic mass is 19.1. The summed E-state index contributed by atoms with van der Waals surface area (Å²) < 4.78 is 18.0. The molecule has 2 atom stereocenters. The zero-order chi connectivity index (χ0) is 12.1. The van der Waals surface area contributed by atoms with Crippen LogP contribution in [0.5, 0.6) is 5.75 Å². The molecule has 0 radical (unpaired) electrons. The minimum absolute atomic E-state index is 0.129. The lowest BCUT2D eigenvalue weighted by Gasteiger charge is -2.21. The number of benzene rings is 1. The number of ether oxygens (including phenoxy) is 1. The molecule has 1 aromatic carbocycles. The van der Waals surface area contributed by atoms with Gasteiger partial charge in [-0.2, -0.15) is 0 Å². The Balaban J connectivity index is 2.85. The molecular formula is C11H15FO4. The second kappa shape index (κ2) is 5.79. The van der Waals surface area contributed by atoms with Gasteiger partial charge in [-0.3, -0.25) is 0 Å². The summed E-state index contributed by atoms with van der Waals surface area (Å²) in [7, 11) is 1.40. The third-order valence-corrected chi connectivity index (χ3v) is 2.38. The molecule has 90 valence electrons. The van der Waals surface area contributed by atoms with E-state index in [-0.39, 0.29) is 13.0 Å². The van der Waals surface area contributed by atoms with Crippen molar-refractivity contribution in [2.45, 2.75) is 18.6 Å². The van der Waals surface area contributed by atoms with Gasteiger partial charge in [-0.05, 0) is 24.1 Å². The van der Waals surface area contributed by atoms with Crippen LogP contribution < -0.4 is 0 Å². The Morgan fingerprint density at radius 3 is 2.62 bits per heavy atom. The summed E-state index contributed by atoms with van der Waals surface area (Å²) in [6.45, 7) is -0.129. The van der Waals surface area contributed by atoms with E-state index in [0.29, 0.717) is 5.56 Å². The molecule has 0 unspecified atom stereocenters. The van der Waals surface area contributed by atoms with Crippen molar-refractivity contribution >= 4 is 0 Å². The van der Waals surface area contributed by atoms with Crippen LogP contribution in [0.15, 0.2) is 18.2 Å². The summed E-state index contributed by atoms with van der Waals surface area (Å²) in [6, 6.07) is 3.62. The number of aromatic hydroxyl groups is 1. The summed E-state index contributed by atoms with van der Waals surface area (Å²) in [4.78, 5) is 0. The van der Waals surface area contributed by atoms with E-state index in [0.717, 1.165) is 6.07 Å². The molecule has 0 spiro atoms. The standard InChI is InChI=1S/C11H15FO4/c1-16-10(4-5-13)11(15)7-2-3-9(14)8(12)6-7/h2-3,6,10-11,13-15H,4-5H2,1H3/t10-,11-/m0/s1. The molecular weight excluding hydrogens is 215 g/mol. The molecule has 0 heterocycles. The van der Waals surface area contributed by atoms with Gasteiger partial charge in [0, 0.05) is 13.7 Å². The number of aliphatic hydroxyl groups is 2. The summed E-state index contributed by atoms with van der Waals surface area (Å²) in [5.74, 6) is -1.26. The lowest BCUT2D eigenvalue weighted by molar-refractivity contribution is -0.0254. The lowest BCUT2D eigenvalue weighted by atomic mass is 10.0. The molecule has 1 aromatic rings. The fourth-order valence-electron chi connectivity index (χ4n) is 1.45. The van der Waals surface area contributed by atoms with Gasteiger partial charge in [-0.15, -0.1) is 0 Å². The maximum atomic E-state index is 13.0. The monoisotopic (exact) mass is 230 g/mol. The van der Waals surface area contributed by atoms with Crippen LogP contribution in [0.25, 0.3) is 0 Å². The average molecular weight is 230 g/mol. The molecule has 0 aromatic heterocycles. The smallest absolute Gasteiger partial charge is 0.165 e. The summed E-state index contributed by atoms with van der Waals surface area (Å²) in [6.07, 6.45) is -1.39. The van der Waals surface area contributed by atoms with Crippen molar-refractivity contribution in [2.24, 2.45) is 0 Å². The van der Waals surface area contributed by atoms with Gasteiger partial charge in [-0.1, -0.05) is 6.07 Å². The molecule has 0 aliphatic rings. The summed E-state index contributed by atoms with van der Waals surface area (Å²) in [5, 5.41) is 27.6. The van der Waals surface area contributed by atoms with Crippen LogP contribution in [0.2, 0.25) is 0 Å². The van der Waals surface area contributed by atoms with E-state index in [2.05, 4.69) is 0 Å². The maximum absolute atomic E-state index is 13.0. The van der Waals surface area contributed by atoms with E-state index in [1.807, 2.05) is 0 Å².